The Bertz CT molecular complexity index is 1000. The van der Waals surface area contributed by atoms with Crippen molar-refractivity contribution in [3.05, 3.63) is 69.1 Å². The van der Waals surface area contributed by atoms with Crippen LogP contribution in [0.1, 0.15) is 73.2 Å². The molecule has 4 rings (SSSR count). The van der Waals surface area contributed by atoms with E-state index in [1.165, 1.54) is 12.1 Å². The number of hydrogen-bond donors (Lipinski definition) is 0. The summed E-state index contributed by atoms with van der Waals surface area (Å²) in [5.41, 5.74) is 2.58. The third kappa shape index (κ3) is 3.92. The van der Waals surface area contributed by atoms with Gasteiger partial charge in [-0.3, -0.25) is 9.59 Å². The lowest BCUT2D eigenvalue weighted by atomic mass is 9.87. The second-order valence-corrected chi connectivity index (χ2v) is 8.85. The van der Waals surface area contributed by atoms with Gasteiger partial charge in [0.1, 0.15) is 0 Å². The van der Waals surface area contributed by atoms with E-state index in [2.05, 4.69) is 0 Å². The molecule has 160 valence electrons. The van der Waals surface area contributed by atoms with Crippen LogP contribution in [0.4, 0.5) is 8.78 Å². The van der Waals surface area contributed by atoms with Crippen molar-refractivity contribution >= 4 is 5.91 Å². The Balaban J connectivity index is 1.73. The Kier molecular flexibility index (Phi) is 5.28. The van der Waals surface area contributed by atoms with Crippen LogP contribution in [0.25, 0.3) is 0 Å². The lowest BCUT2D eigenvalue weighted by molar-refractivity contribution is -0.127. The fourth-order valence-corrected chi connectivity index (χ4v) is 4.57. The number of benzene rings is 1. The summed E-state index contributed by atoms with van der Waals surface area (Å²) in [7, 11) is 3.60. The Morgan fingerprint density at radius 1 is 1.03 bits per heavy atom. The largest absolute Gasteiger partial charge is 0.343 e. The number of nitrogens with zero attached hydrogens (tertiary/aromatic N) is 2. The minimum Gasteiger partial charge on any atom is -0.343 e. The van der Waals surface area contributed by atoms with E-state index < -0.39 is 5.92 Å². The normalized spacial score (nSPS) is 20.6. The summed E-state index contributed by atoms with van der Waals surface area (Å²) in [5, 5.41) is 0. The first-order valence-corrected chi connectivity index (χ1v) is 10.6. The number of pyridine rings is 1. The smallest absolute Gasteiger partial charge is 0.270 e. The van der Waals surface area contributed by atoms with Crippen LogP contribution in [-0.2, 0) is 17.8 Å². The summed E-state index contributed by atoms with van der Waals surface area (Å²) in [4.78, 5) is 26.8. The van der Waals surface area contributed by atoms with Gasteiger partial charge in [0.05, 0.1) is 0 Å². The molecule has 2 aromatic rings. The minimum atomic E-state index is -2.90. The van der Waals surface area contributed by atoms with Crippen molar-refractivity contribution in [3.8, 4) is 0 Å². The Morgan fingerprint density at radius 3 is 2.23 bits per heavy atom. The van der Waals surface area contributed by atoms with E-state index in [0.717, 1.165) is 43.0 Å². The highest BCUT2D eigenvalue weighted by atomic mass is 19.3. The van der Waals surface area contributed by atoms with E-state index in [-0.39, 0.29) is 29.0 Å². The van der Waals surface area contributed by atoms with Gasteiger partial charge in [-0.2, -0.15) is 0 Å². The van der Waals surface area contributed by atoms with Gasteiger partial charge >= 0.3 is 0 Å². The fraction of sp³-hybridized carbons (Fsp3) is 0.500. The molecule has 2 heterocycles. The van der Waals surface area contributed by atoms with E-state index >= 15 is 0 Å². The molecule has 0 spiro atoms. The highest BCUT2D eigenvalue weighted by molar-refractivity contribution is 5.78. The van der Waals surface area contributed by atoms with Crippen molar-refractivity contribution in [1.29, 1.82) is 0 Å². The van der Waals surface area contributed by atoms with Crippen LogP contribution in [-0.4, -0.2) is 28.5 Å². The summed E-state index contributed by atoms with van der Waals surface area (Å²) >= 11 is 0. The van der Waals surface area contributed by atoms with Gasteiger partial charge in [0, 0.05) is 56.2 Å². The van der Waals surface area contributed by atoms with E-state index in [1.807, 2.05) is 19.2 Å². The summed E-state index contributed by atoms with van der Waals surface area (Å²) in [6.45, 7) is 0.888. The second kappa shape index (κ2) is 7.64. The molecular formula is C24H28F2N2O2. The van der Waals surface area contributed by atoms with Crippen molar-refractivity contribution in [3.63, 3.8) is 0 Å². The van der Waals surface area contributed by atoms with Crippen molar-refractivity contribution in [2.45, 2.75) is 62.8 Å². The summed E-state index contributed by atoms with van der Waals surface area (Å²) in [6.07, 6.45) is 4.05. The summed E-state index contributed by atoms with van der Waals surface area (Å²) in [5.74, 6) is -2.57. The third-order valence-corrected chi connectivity index (χ3v) is 6.71. The van der Waals surface area contributed by atoms with E-state index in [4.69, 9.17) is 0 Å². The lowest BCUT2D eigenvalue weighted by Gasteiger charge is -2.28. The molecule has 1 saturated carbocycles. The average molecular weight is 414 g/mol. The van der Waals surface area contributed by atoms with Gasteiger partial charge in [0.25, 0.3) is 11.5 Å². The zero-order valence-corrected chi connectivity index (χ0v) is 17.7. The van der Waals surface area contributed by atoms with Gasteiger partial charge in [0.2, 0.25) is 5.91 Å². The molecule has 30 heavy (non-hydrogen) atoms. The molecule has 1 aliphatic heterocycles. The molecule has 6 heteroatoms. The number of rotatable bonds is 6. The predicted molar refractivity (Wildman–Crippen MR) is 112 cm³/mol. The Hall–Kier alpha value is -2.50. The van der Waals surface area contributed by atoms with Gasteiger partial charge in [-0.1, -0.05) is 30.3 Å². The monoisotopic (exact) mass is 414 g/mol. The SMILES string of the molecule is CN1C(=O)CCC1C[C@H](c1ccc(C(C)(F)F)cc1)c1ccc(C2CC2)c(=O)n1C. The van der Waals surface area contributed by atoms with Crippen LogP contribution in [0.5, 0.6) is 0 Å². The number of hydrogen-bond acceptors (Lipinski definition) is 2. The zero-order valence-electron chi connectivity index (χ0n) is 17.7. The second-order valence-electron chi connectivity index (χ2n) is 8.85. The van der Waals surface area contributed by atoms with E-state index in [1.54, 1.807) is 28.6 Å². The number of alkyl halides is 2. The van der Waals surface area contributed by atoms with Crippen molar-refractivity contribution in [2.24, 2.45) is 7.05 Å². The number of halogens is 2. The number of aromatic nitrogens is 1. The third-order valence-electron chi connectivity index (χ3n) is 6.71. The van der Waals surface area contributed by atoms with Crippen molar-refractivity contribution < 1.29 is 13.6 Å². The van der Waals surface area contributed by atoms with Crippen LogP contribution in [0, 0.1) is 0 Å². The molecule has 2 atom stereocenters. The van der Waals surface area contributed by atoms with Gasteiger partial charge in [0.15, 0.2) is 0 Å². The molecular weight excluding hydrogens is 386 g/mol. The molecule has 1 aromatic heterocycles. The number of carbonyl (C=O) groups excluding carboxylic acids is 1. The van der Waals surface area contributed by atoms with Crippen molar-refractivity contribution in [1.82, 2.24) is 9.47 Å². The van der Waals surface area contributed by atoms with Crippen LogP contribution in [0.15, 0.2) is 41.2 Å². The fourth-order valence-electron chi connectivity index (χ4n) is 4.57. The van der Waals surface area contributed by atoms with Crippen LogP contribution in [0.3, 0.4) is 0 Å². The molecule has 1 aromatic carbocycles. The quantitative estimate of drug-likeness (QED) is 0.698. The Labute approximate surface area is 175 Å². The lowest BCUT2D eigenvalue weighted by Crippen LogP contribution is -2.32. The number of likely N-dealkylation sites (tertiary alicyclic amines) is 1. The van der Waals surface area contributed by atoms with E-state index in [0.29, 0.717) is 18.8 Å². The molecule has 1 amide bonds. The number of amides is 1. The molecule has 2 fully saturated rings. The standard InChI is InChI=1S/C24H28F2N2O2/c1-24(25,26)17-8-6-16(7-9-17)20(14-18-10-13-22(29)27(18)2)21-12-11-19(15-4-5-15)23(30)28(21)3/h6-9,11-12,15,18,20H,4-5,10,13-14H2,1-3H3/t18?,20-/m1/s1. The van der Waals surface area contributed by atoms with Crippen LogP contribution in [0.2, 0.25) is 0 Å². The highest BCUT2D eigenvalue weighted by Gasteiger charge is 2.33. The topological polar surface area (TPSA) is 42.3 Å². The molecule has 0 bridgehead atoms. The first kappa shape index (κ1) is 20.8. The highest BCUT2D eigenvalue weighted by Crippen LogP contribution is 2.39. The van der Waals surface area contributed by atoms with E-state index in [9.17, 15) is 18.4 Å². The molecule has 2 aliphatic rings. The molecule has 0 radical (unpaired) electrons. The maximum absolute atomic E-state index is 13.7. The Morgan fingerprint density at radius 2 is 1.70 bits per heavy atom. The van der Waals surface area contributed by atoms with Gasteiger partial charge in [-0.15, -0.1) is 0 Å². The average Bonchev–Trinajstić information content (AvgIpc) is 3.50. The molecule has 4 nitrogen and oxygen atoms in total. The van der Waals surface area contributed by atoms with Crippen molar-refractivity contribution in [2.75, 3.05) is 7.05 Å². The molecule has 1 aliphatic carbocycles. The maximum Gasteiger partial charge on any atom is 0.270 e. The summed E-state index contributed by atoms with van der Waals surface area (Å²) < 4.78 is 29.1. The van der Waals surface area contributed by atoms with Gasteiger partial charge in [-0.25, -0.2) is 8.78 Å². The van der Waals surface area contributed by atoms with Crippen LogP contribution >= 0.6 is 0 Å². The first-order chi connectivity index (χ1) is 14.2. The van der Waals surface area contributed by atoms with Gasteiger partial charge in [-0.05, 0) is 43.2 Å². The van der Waals surface area contributed by atoms with Gasteiger partial charge < -0.3 is 9.47 Å². The molecule has 1 saturated heterocycles. The predicted octanol–water partition coefficient (Wildman–Crippen LogP) is 4.52. The number of carbonyl (C=O) groups is 1. The summed E-state index contributed by atoms with van der Waals surface area (Å²) in [6, 6.07) is 10.4. The van der Waals surface area contributed by atoms with Crippen LogP contribution < -0.4 is 5.56 Å². The molecule has 0 N–H and O–H groups in total. The molecule has 1 unspecified atom stereocenters. The zero-order chi connectivity index (χ0) is 21.6. The maximum atomic E-state index is 13.7. The first-order valence-electron chi connectivity index (χ1n) is 10.6. The minimum absolute atomic E-state index is 0.0209.